The summed E-state index contributed by atoms with van der Waals surface area (Å²) in [5.41, 5.74) is 0.789. The maximum absolute atomic E-state index is 10.9. The van der Waals surface area contributed by atoms with Gasteiger partial charge in [-0.3, -0.25) is 4.79 Å². The van der Waals surface area contributed by atoms with E-state index >= 15 is 0 Å². The highest BCUT2D eigenvalue weighted by atomic mass is 32.2. The van der Waals surface area contributed by atoms with E-state index in [2.05, 4.69) is 9.72 Å². The molecular weight excluding hydrogens is 226 g/mol. The fourth-order valence-corrected chi connectivity index (χ4v) is 1.83. The van der Waals surface area contributed by atoms with Crippen molar-refractivity contribution in [1.29, 1.82) is 0 Å². The van der Waals surface area contributed by atoms with Crippen molar-refractivity contribution in [3.05, 3.63) is 23.9 Å². The van der Waals surface area contributed by atoms with Gasteiger partial charge in [0.15, 0.2) is 0 Å². The largest absolute Gasteiger partial charge is 0.469 e. The monoisotopic (exact) mass is 241 g/mol. The Morgan fingerprint density at radius 1 is 1.62 bits per heavy atom. The third-order valence-corrected chi connectivity index (χ3v) is 2.97. The average molecular weight is 241 g/mol. The van der Waals surface area contributed by atoms with E-state index in [0.717, 1.165) is 10.6 Å². The summed E-state index contributed by atoms with van der Waals surface area (Å²) in [6.45, 7) is 1.70. The van der Waals surface area contributed by atoms with Crippen LogP contribution in [0.25, 0.3) is 0 Å². The lowest BCUT2D eigenvalue weighted by atomic mass is 10.2. The van der Waals surface area contributed by atoms with Gasteiger partial charge in [-0.15, -0.1) is 11.8 Å². The quantitative estimate of drug-likeness (QED) is 0.629. The van der Waals surface area contributed by atoms with E-state index < -0.39 is 6.10 Å². The second-order valence-corrected chi connectivity index (χ2v) is 4.40. The van der Waals surface area contributed by atoms with Crippen LogP contribution in [0.2, 0.25) is 0 Å². The molecule has 0 aromatic carbocycles. The number of ether oxygens (including phenoxy) is 1. The molecule has 1 rings (SSSR count). The first-order valence-electron chi connectivity index (χ1n) is 4.97. The van der Waals surface area contributed by atoms with Gasteiger partial charge < -0.3 is 9.84 Å². The Labute approximate surface area is 99.0 Å². The zero-order chi connectivity index (χ0) is 12.0. The molecule has 0 fully saturated rings. The normalized spacial score (nSPS) is 12.2. The number of aliphatic hydroxyl groups is 1. The maximum Gasteiger partial charge on any atom is 0.306 e. The summed E-state index contributed by atoms with van der Waals surface area (Å²) in [4.78, 5) is 15.0. The van der Waals surface area contributed by atoms with Gasteiger partial charge in [-0.05, 0) is 18.6 Å². The number of aromatic nitrogens is 1. The molecule has 0 aliphatic rings. The molecule has 1 N–H and O–H groups in total. The Morgan fingerprint density at radius 2 is 2.38 bits per heavy atom. The number of thioether (sulfide) groups is 1. The fourth-order valence-electron chi connectivity index (χ4n) is 1.07. The third-order valence-electron chi connectivity index (χ3n) is 2.03. The third kappa shape index (κ3) is 4.20. The summed E-state index contributed by atoms with van der Waals surface area (Å²) in [6.07, 6.45) is 1.52. The minimum absolute atomic E-state index is 0.215. The van der Waals surface area contributed by atoms with Crippen molar-refractivity contribution in [3.8, 4) is 0 Å². The molecule has 0 spiro atoms. The van der Waals surface area contributed by atoms with Crippen LogP contribution in [-0.4, -0.2) is 28.9 Å². The van der Waals surface area contributed by atoms with Crippen molar-refractivity contribution < 1.29 is 14.6 Å². The Bertz CT molecular complexity index is 338. The van der Waals surface area contributed by atoms with Gasteiger partial charge in [0.1, 0.15) is 0 Å². The number of pyridine rings is 1. The molecule has 0 unspecified atom stereocenters. The fraction of sp³-hybridized carbons (Fsp3) is 0.455. The lowest BCUT2D eigenvalue weighted by Gasteiger charge is -2.04. The Balaban J connectivity index is 2.40. The number of aliphatic hydroxyl groups excluding tert-OH is 1. The van der Waals surface area contributed by atoms with Crippen molar-refractivity contribution in [2.24, 2.45) is 0 Å². The highest BCUT2D eigenvalue weighted by Crippen LogP contribution is 2.18. The van der Waals surface area contributed by atoms with E-state index in [9.17, 15) is 9.90 Å². The van der Waals surface area contributed by atoms with Crippen molar-refractivity contribution in [2.75, 3.05) is 12.9 Å². The smallest absolute Gasteiger partial charge is 0.306 e. The molecule has 16 heavy (non-hydrogen) atoms. The number of hydrogen-bond acceptors (Lipinski definition) is 5. The average Bonchev–Trinajstić information content (AvgIpc) is 2.29. The van der Waals surface area contributed by atoms with Crippen LogP contribution in [0.4, 0.5) is 0 Å². The van der Waals surface area contributed by atoms with Crippen LogP contribution in [0.5, 0.6) is 0 Å². The van der Waals surface area contributed by atoms with E-state index in [4.69, 9.17) is 0 Å². The van der Waals surface area contributed by atoms with Crippen LogP contribution in [0.15, 0.2) is 23.4 Å². The van der Waals surface area contributed by atoms with Crippen LogP contribution in [0.3, 0.4) is 0 Å². The molecule has 0 aliphatic heterocycles. The van der Waals surface area contributed by atoms with E-state index in [0.29, 0.717) is 12.2 Å². The second kappa shape index (κ2) is 6.50. The van der Waals surface area contributed by atoms with Gasteiger partial charge in [0.2, 0.25) is 0 Å². The van der Waals surface area contributed by atoms with Crippen molar-refractivity contribution in [3.63, 3.8) is 0 Å². The molecule has 88 valence electrons. The number of nitrogens with zero attached hydrogens (tertiary/aromatic N) is 1. The zero-order valence-electron chi connectivity index (χ0n) is 9.34. The summed E-state index contributed by atoms with van der Waals surface area (Å²) in [5.74, 6) is 0.432. The molecule has 4 nitrogen and oxygen atoms in total. The summed E-state index contributed by atoms with van der Waals surface area (Å²) >= 11 is 1.49. The van der Waals surface area contributed by atoms with Gasteiger partial charge in [0.25, 0.3) is 0 Å². The van der Waals surface area contributed by atoms with Crippen LogP contribution in [-0.2, 0) is 9.53 Å². The number of carbonyl (C=O) groups excluding carboxylic acids is 1. The zero-order valence-corrected chi connectivity index (χ0v) is 10.2. The molecule has 0 radical (unpaired) electrons. The molecule has 1 atom stereocenters. The molecule has 0 aliphatic carbocycles. The van der Waals surface area contributed by atoms with E-state index in [1.54, 1.807) is 13.1 Å². The van der Waals surface area contributed by atoms with Crippen LogP contribution in [0.1, 0.15) is 25.0 Å². The molecule has 5 heteroatoms. The van der Waals surface area contributed by atoms with Gasteiger partial charge in [-0.25, -0.2) is 4.98 Å². The van der Waals surface area contributed by atoms with Crippen molar-refractivity contribution in [2.45, 2.75) is 24.5 Å². The lowest BCUT2D eigenvalue weighted by Crippen LogP contribution is -2.01. The molecule has 0 saturated carbocycles. The standard InChI is InChI=1S/C11H15NO3S/c1-8(13)9-3-4-10(12-7-9)16-6-5-11(14)15-2/h3-4,7-8,13H,5-6H2,1-2H3/t8-/m1/s1. The maximum atomic E-state index is 10.9. The number of carbonyl (C=O) groups is 1. The van der Waals surface area contributed by atoms with Crippen molar-refractivity contribution >= 4 is 17.7 Å². The predicted molar refractivity (Wildman–Crippen MR) is 62.2 cm³/mol. The van der Waals surface area contributed by atoms with Gasteiger partial charge in [-0.2, -0.15) is 0 Å². The first kappa shape index (κ1) is 13.0. The minimum Gasteiger partial charge on any atom is -0.469 e. The predicted octanol–water partition coefficient (Wildman–Crippen LogP) is 1.79. The Kier molecular flexibility index (Phi) is 5.28. The highest BCUT2D eigenvalue weighted by Gasteiger charge is 2.03. The van der Waals surface area contributed by atoms with E-state index in [1.165, 1.54) is 18.9 Å². The second-order valence-electron chi connectivity index (χ2n) is 3.28. The number of esters is 1. The molecule has 1 aromatic heterocycles. The molecule has 0 bridgehead atoms. The van der Waals surface area contributed by atoms with E-state index in [1.807, 2.05) is 12.1 Å². The summed E-state index contributed by atoms with van der Waals surface area (Å²) < 4.78 is 4.53. The summed E-state index contributed by atoms with van der Waals surface area (Å²) in [7, 11) is 1.38. The van der Waals surface area contributed by atoms with Crippen LogP contribution < -0.4 is 0 Å². The molecule has 0 amide bonds. The van der Waals surface area contributed by atoms with Gasteiger partial charge in [0, 0.05) is 11.9 Å². The molecular formula is C11H15NO3S. The lowest BCUT2D eigenvalue weighted by molar-refractivity contribution is -0.140. The summed E-state index contributed by atoms with van der Waals surface area (Å²) in [6, 6.07) is 3.67. The number of hydrogen-bond donors (Lipinski definition) is 1. The van der Waals surface area contributed by atoms with Crippen LogP contribution in [0, 0.1) is 0 Å². The van der Waals surface area contributed by atoms with E-state index in [-0.39, 0.29) is 5.97 Å². The van der Waals surface area contributed by atoms with Gasteiger partial charge in [-0.1, -0.05) is 6.07 Å². The Hall–Kier alpha value is -1.07. The first-order chi connectivity index (χ1) is 7.63. The topological polar surface area (TPSA) is 59.4 Å². The van der Waals surface area contributed by atoms with Gasteiger partial charge >= 0.3 is 5.97 Å². The number of methoxy groups -OCH3 is 1. The first-order valence-corrected chi connectivity index (χ1v) is 5.95. The minimum atomic E-state index is -0.499. The Morgan fingerprint density at radius 3 is 2.88 bits per heavy atom. The SMILES string of the molecule is COC(=O)CCSc1ccc([C@@H](C)O)cn1. The highest BCUT2D eigenvalue weighted by molar-refractivity contribution is 7.99. The van der Waals surface area contributed by atoms with Gasteiger partial charge in [0.05, 0.1) is 24.7 Å². The van der Waals surface area contributed by atoms with Crippen molar-refractivity contribution in [1.82, 2.24) is 4.98 Å². The van der Waals surface area contributed by atoms with Crippen LogP contribution >= 0.6 is 11.8 Å². The number of rotatable bonds is 5. The molecule has 0 saturated heterocycles. The molecule has 1 heterocycles. The summed E-state index contributed by atoms with van der Waals surface area (Å²) in [5, 5.41) is 10.1. The molecule has 1 aromatic rings.